The molecule has 3 aliphatic heterocycles. The van der Waals surface area contributed by atoms with Gasteiger partial charge in [-0.15, -0.1) is 0 Å². The Morgan fingerprint density at radius 1 is 1.25 bits per heavy atom. The van der Waals surface area contributed by atoms with E-state index in [0.717, 1.165) is 82.6 Å². The van der Waals surface area contributed by atoms with Crippen LogP contribution in [0, 0.1) is 11.8 Å². The Hall–Kier alpha value is -2.15. The number of pyridine rings is 1. The second-order valence-corrected chi connectivity index (χ2v) is 9.58. The first kappa shape index (κ1) is 21.7. The van der Waals surface area contributed by atoms with Gasteiger partial charge in [0.2, 0.25) is 5.91 Å². The zero-order chi connectivity index (χ0) is 21.9. The van der Waals surface area contributed by atoms with Gasteiger partial charge in [-0.25, -0.2) is 4.98 Å². The summed E-state index contributed by atoms with van der Waals surface area (Å²) in [5.74, 6) is 1.26. The molecular formula is C25H31ClN4O2. The number of hydrogen-bond donors (Lipinski definition) is 2. The molecule has 1 aromatic heterocycles. The largest absolute Gasteiger partial charge is 0.381 e. The van der Waals surface area contributed by atoms with Crippen molar-refractivity contribution in [3.05, 3.63) is 41.0 Å². The van der Waals surface area contributed by atoms with Crippen molar-refractivity contribution in [2.45, 2.75) is 32.1 Å². The molecule has 32 heavy (non-hydrogen) atoms. The molecule has 0 spiro atoms. The van der Waals surface area contributed by atoms with Gasteiger partial charge in [0.1, 0.15) is 5.82 Å². The first-order valence-corrected chi connectivity index (χ1v) is 12.2. The summed E-state index contributed by atoms with van der Waals surface area (Å²) in [5.41, 5.74) is 4.66. The maximum absolute atomic E-state index is 12.6. The molecule has 0 saturated carbocycles. The summed E-state index contributed by atoms with van der Waals surface area (Å²) < 4.78 is 5.53. The highest BCUT2D eigenvalue weighted by Crippen LogP contribution is 2.37. The zero-order valence-electron chi connectivity index (χ0n) is 18.4. The quantitative estimate of drug-likeness (QED) is 0.711. The first-order chi connectivity index (χ1) is 15.7. The van der Waals surface area contributed by atoms with Gasteiger partial charge in [0.05, 0.1) is 10.9 Å². The van der Waals surface area contributed by atoms with Gasteiger partial charge in [-0.1, -0.05) is 23.7 Å². The third-order valence-electron chi connectivity index (χ3n) is 6.98. The van der Waals surface area contributed by atoms with E-state index in [4.69, 9.17) is 16.3 Å². The van der Waals surface area contributed by atoms with Crippen LogP contribution in [-0.4, -0.2) is 50.3 Å². The summed E-state index contributed by atoms with van der Waals surface area (Å²) in [6.45, 7) is 5.61. The minimum Gasteiger partial charge on any atom is -0.381 e. The molecular weight excluding hydrogens is 424 g/mol. The normalized spacial score (nSPS) is 21.4. The van der Waals surface area contributed by atoms with Crippen LogP contribution in [0.3, 0.4) is 0 Å². The van der Waals surface area contributed by atoms with E-state index in [1.807, 2.05) is 6.07 Å². The fourth-order valence-corrected chi connectivity index (χ4v) is 5.29. The average molecular weight is 455 g/mol. The van der Waals surface area contributed by atoms with Crippen molar-refractivity contribution >= 4 is 29.0 Å². The molecule has 2 saturated heterocycles. The summed E-state index contributed by atoms with van der Waals surface area (Å²) in [7, 11) is 0. The highest BCUT2D eigenvalue weighted by molar-refractivity contribution is 6.33. The Balaban J connectivity index is 1.35. The summed E-state index contributed by atoms with van der Waals surface area (Å²) in [6.07, 6.45) is 6.94. The van der Waals surface area contributed by atoms with Crippen molar-refractivity contribution in [1.82, 2.24) is 10.3 Å². The maximum Gasteiger partial charge on any atom is 0.229 e. The van der Waals surface area contributed by atoms with Gasteiger partial charge in [-0.3, -0.25) is 4.79 Å². The number of nitrogens with one attached hydrogen (secondary N) is 2. The molecule has 0 aliphatic carbocycles. The van der Waals surface area contributed by atoms with Crippen LogP contribution >= 0.6 is 11.6 Å². The number of carbonyl (C=O) groups excluding carboxylic acids is 1. The Morgan fingerprint density at radius 2 is 2.12 bits per heavy atom. The molecule has 2 N–H and O–H groups in total. The Labute approximate surface area is 194 Å². The van der Waals surface area contributed by atoms with Crippen LogP contribution in [0.15, 0.2) is 30.5 Å². The van der Waals surface area contributed by atoms with Crippen LogP contribution in [0.2, 0.25) is 5.02 Å². The first-order valence-electron chi connectivity index (χ1n) is 11.8. The molecule has 0 radical (unpaired) electrons. The lowest BCUT2D eigenvalue weighted by Crippen LogP contribution is -2.37. The van der Waals surface area contributed by atoms with Crippen LogP contribution < -0.4 is 15.5 Å². The third-order valence-corrected chi connectivity index (χ3v) is 7.28. The van der Waals surface area contributed by atoms with Crippen LogP contribution in [0.5, 0.6) is 0 Å². The fraction of sp³-hybridized carbons (Fsp3) is 0.520. The van der Waals surface area contributed by atoms with Crippen LogP contribution in [0.1, 0.15) is 31.2 Å². The lowest BCUT2D eigenvalue weighted by Gasteiger charge is -2.29. The van der Waals surface area contributed by atoms with Crippen molar-refractivity contribution in [1.29, 1.82) is 0 Å². The predicted molar refractivity (Wildman–Crippen MR) is 128 cm³/mol. The van der Waals surface area contributed by atoms with Gasteiger partial charge >= 0.3 is 0 Å². The topological polar surface area (TPSA) is 66.5 Å². The van der Waals surface area contributed by atoms with Gasteiger partial charge in [0.15, 0.2) is 0 Å². The third kappa shape index (κ3) is 4.77. The SMILES string of the molecule is O=C(Nc1cc(-c2ccc3c(c2)N(CC2CCOCC2)CC3)c(Cl)cn1)[C@@H]1CCCNC1. The summed E-state index contributed by atoms with van der Waals surface area (Å²) in [6, 6.07) is 8.50. The van der Waals surface area contributed by atoms with Crippen LogP contribution in [0.25, 0.3) is 11.1 Å². The molecule has 2 fully saturated rings. The molecule has 5 rings (SSSR count). The number of ether oxygens (including phenoxy) is 1. The molecule has 6 nitrogen and oxygen atoms in total. The van der Waals surface area contributed by atoms with Crippen molar-refractivity contribution in [2.24, 2.45) is 11.8 Å². The number of halogens is 1. The minimum absolute atomic E-state index is 0.0107. The van der Waals surface area contributed by atoms with E-state index in [1.54, 1.807) is 6.20 Å². The fourth-order valence-electron chi connectivity index (χ4n) is 5.08. The molecule has 1 amide bonds. The number of amides is 1. The molecule has 3 aliphatic rings. The summed E-state index contributed by atoms with van der Waals surface area (Å²) >= 11 is 6.55. The Kier molecular flexibility index (Phi) is 6.62. The van der Waals surface area contributed by atoms with Crippen molar-refractivity contribution in [3.63, 3.8) is 0 Å². The Bertz CT molecular complexity index is 970. The number of hydrogen-bond acceptors (Lipinski definition) is 5. The monoisotopic (exact) mass is 454 g/mol. The van der Waals surface area contributed by atoms with E-state index in [-0.39, 0.29) is 11.8 Å². The van der Waals surface area contributed by atoms with Gasteiger partial charge in [0.25, 0.3) is 0 Å². The number of carbonyl (C=O) groups is 1. The summed E-state index contributed by atoms with van der Waals surface area (Å²) in [4.78, 5) is 19.5. The average Bonchev–Trinajstić information content (AvgIpc) is 3.23. The second-order valence-electron chi connectivity index (χ2n) is 9.18. The zero-order valence-corrected chi connectivity index (χ0v) is 19.2. The Morgan fingerprint density at radius 3 is 2.94 bits per heavy atom. The van der Waals surface area contributed by atoms with E-state index in [9.17, 15) is 4.79 Å². The maximum atomic E-state index is 12.6. The number of anilines is 2. The highest BCUT2D eigenvalue weighted by Gasteiger charge is 2.25. The second kappa shape index (κ2) is 9.77. The molecule has 1 atom stereocenters. The van der Waals surface area contributed by atoms with Crippen molar-refractivity contribution < 1.29 is 9.53 Å². The lowest BCUT2D eigenvalue weighted by atomic mass is 9.98. The van der Waals surface area contributed by atoms with Gasteiger partial charge in [-0.05, 0) is 67.8 Å². The van der Waals surface area contributed by atoms with E-state index in [0.29, 0.717) is 16.8 Å². The van der Waals surface area contributed by atoms with E-state index >= 15 is 0 Å². The number of benzene rings is 1. The van der Waals surface area contributed by atoms with Crippen molar-refractivity contribution in [2.75, 3.05) is 49.6 Å². The van der Waals surface area contributed by atoms with E-state index < -0.39 is 0 Å². The number of rotatable bonds is 5. The molecule has 7 heteroatoms. The number of aromatic nitrogens is 1. The molecule has 0 unspecified atom stereocenters. The minimum atomic E-state index is -0.0107. The molecule has 2 aromatic rings. The van der Waals surface area contributed by atoms with E-state index in [2.05, 4.69) is 38.7 Å². The molecule has 0 bridgehead atoms. The number of piperidine rings is 1. The summed E-state index contributed by atoms with van der Waals surface area (Å²) in [5, 5.41) is 6.88. The smallest absolute Gasteiger partial charge is 0.229 e. The van der Waals surface area contributed by atoms with Crippen LogP contribution in [0.4, 0.5) is 11.5 Å². The van der Waals surface area contributed by atoms with Gasteiger partial charge in [-0.2, -0.15) is 0 Å². The van der Waals surface area contributed by atoms with Gasteiger partial charge in [0, 0.05) is 50.3 Å². The lowest BCUT2D eigenvalue weighted by molar-refractivity contribution is -0.120. The van der Waals surface area contributed by atoms with Gasteiger partial charge < -0.3 is 20.3 Å². The predicted octanol–water partition coefficient (Wildman–Crippen LogP) is 4.13. The standard InChI is InChI=1S/C25H31ClN4O2/c26-22-15-28-24(29-25(31)20-2-1-8-27-14-20)13-21(22)19-4-3-18-5-9-30(23(18)12-19)16-17-6-10-32-11-7-17/h3-4,12-13,15,17,20,27H,1-2,5-11,14,16H2,(H,28,29,31)/t20-/m1/s1. The van der Waals surface area contributed by atoms with E-state index in [1.165, 1.54) is 11.3 Å². The highest BCUT2D eigenvalue weighted by atomic mass is 35.5. The molecule has 1 aromatic carbocycles. The van der Waals surface area contributed by atoms with Crippen LogP contribution in [-0.2, 0) is 16.0 Å². The molecule has 4 heterocycles. The number of fused-ring (bicyclic) bond motifs is 1. The van der Waals surface area contributed by atoms with Crippen molar-refractivity contribution in [3.8, 4) is 11.1 Å². The number of nitrogens with zero attached hydrogens (tertiary/aromatic N) is 2. The molecule has 170 valence electrons.